The van der Waals surface area contributed by atoms with Crippen LogP contribution in [0.2, 0.25) is 10.0 Å². The first-order valence-electron chi connectivity index (χ1n) is 9.40. The van der Waals surface area contributed by atoms with Gasteiger partial charge in [-0.1, -0.05) is 59.6 Å². The highest BCUT2D eigenvalue weighted by Crippen LogP contribution is 2.33. The number of nitrogens with one attached hydrogen (secondary N) is 1. The molecule has 0 radical (unpaired) electrons. The maximum atomic E-state index is 12.5. The van der Waals surface area contributed by atoms with Crippen LogP contribution >= 0.6 is 35.6 Å². The van der Waals surface area contributed by atoms with Gasteiger partial charge in [0.05, 0.1) is 22.1 Å². The Kier molecular flexibility index (Phi) is 8.53. The third-order valence-corrected chi connectivity index (χ3v) is 5.98. The number of hydrogen-bond donors (Lipinski definition) is 1. The highest BCUT2D eigenvalue weighted by atomic mass is 35.5. The van der Waals surface area contributed by atoms with Crippen LogP contribution in [0, 0.1) is 0 Å². The van der Waals surface area contributed by atoms with Gasteiger partial charge in [0, 0.05) is 26.4 Å². The molecule has 1 N–H and O–H groups in total. The molecule has 0 bridgehead atoms. The third kappa shape index (κ3) is 6.19. The Bertz CT molecular complexity index is 850. The molecule has 0 saturated carbocycles. The van der Waals surface area contributed by atoms with Crippen LogP contribution in [0.1, 0.15) is 30.9 Å². The zero-order chi connectivity index (χ0) is 20.1. The molecular formula is C22H25Cl3N2O2. The van der Waals surface area contributed by atoms with Crippen molar-refractivity contribution >= 4 is 47.3 Å². The van der Waals surface area contributed by atoms with Crippen LogP contribution in [0.5, 0.6) is 0 Å². The summed E-state index contributed by atoms with van der Waals surface area (Å²) in [6.07, 6.45) is 1.89. The molecule has 0 aromatic heterocycles. The molecule has 1 heterocycles. The molecule has 156 valence electrons. The van der Waals surface area contributed by atoms with E-state index in [0.29, 0.717) is 23.0 Å². The zero-order valence-electron chi connectivity index (χ0n) is 16.3. The minimum absolute atomic E-state index is 0. The van der Waals surface area contributed by atoms with Gasteiger partial charge in [0.15, 0.2) is 5.78 Å². The second kappa shape index (κ2) is 10.4. The van der Waals surface area contributed by atoms with Crippen molar-refractivity contribution in [1.82, 2.24) is 10.2 Å². The summed E-state index contributed by atoms with van der Waals surface area (Å²) in [7, 11) is 0. The molecule has 2 aromatic rings. The van der Waals surface area contributed by atoms with Crippen LogP contribution in [-0.2, 0) is 21.5 Å². The fraction of sp³-hybridized carbons (Fsp3) is 0.364. The van der Waals surface area contributed by atoms with Crippen molar-refractivity contribution in [3.63, 3.8) is 0 Å². The number of halogens is 3. The maximum Gasteiger partial charge on any atom is 0.217 e. The van der Waals surface area contributed by atoms with Gasteiger partial charge >= 0.3 is 0 Å². The van der Waals surface area contributed by atoms with Gasteiger partial charge in [0.25, 0.3) is 0 Å². The second-order valence-electron chi connectivity index (χ2n) is 7.37. The summed E-state index contributed by atoms with van der Waals surface area (Å²) in [5, 5.41) is 4.11. The number of Topliss-reactive ketones (excluding diaryl/α,β-unsaturated/α-hetero) is 1. The summed E-state index contributed by atoms with van der Waals surface area (Å²) in [5.74, 6) is 0.109. The fourth-order valence-electron chi connectivity index (χ4n) is 3.86. The van der Waals surface area contributed by atoms with Gasteiger partial charge in [0.2, 0.25) is 5.91 Å². The molecule has 4 nitrogen and oxygen atoms in total. The minimum atomic E-state index is -0.365. The monoisotopic (exact) mass is 454 g/mol. The molecule has 1 amide bonds. The van der Waals surface area contributed by atoms with E-state index in [4.69, 9.17) is 23.2 Å². The summed E-state index contributed by atoms with van der Waals surface area (Å²) in [6, 6.07) is 15.4. The van der Waals surface area contributed by atoms with Crippen LogP contribution in [0.15, 0.2) is 48.5 Å². The Balaban J connectivity index is 0.00000300. The summed E-state index contributed by atoms with van der Waals surface area (Å²) in [4.78, 5) is 26.5. The molecule has 1 aliphatic heterocycles. The van der Waals surface area contributed by atoms with Crippen LogP contribution in [0.4, 0.5) is 0 Å². The van der Waals surface area contributed by atoms with Crippen molar-refractivity contribution in [1.29, 1.82) is 0 Å². The number of nitrogens with zero attached hydrogens (tertiary/aromatic N) is 1. The van der Waals surface area contributed by atoms with E-state index in [-0.39, 0.29) is 29.6 Å². The van der Waals surface area contributed by atoms with E-state index < -0.39 is 0 Å². The van der Waals surface area contributed by atoms with E-state index >= 15 is 0 Å². The van der Waals surface area contributed by atoms with E-state index in [2.05, 4.69) is 22.3 Å². The lowest BCUT2D eigenvalue weighted by Crippen LogP contribution is -2.53. The highest BCUT2D eigenvalue weighted by Gasteiger charge is 2.37. The molecule has 1 aliphatic rings. The molecule has 29 heavy (non-hydrogen) atoms. The van der Waals surface area contributed by atoms with Gasteiger partial charge in [0.1, 0.15) is 0 Å². The first-order chi connectivity index (χ1) is 13.4. The van der Waals surface area contributed by atoms with Crippen molar-refractivity contribution in [3.8, 4) is 0 Å². The average molecular weight is 456 g/mol. The van der Waals surface area contributed by atoms with Crippen LogP contribution in [-0.4, -0.2) is 36.2 Å². The molecule has 0 aliphatic carbocycles. The molecule has 0 spiro atoms. The summed E-state index contributed by atoms with van der Waals surface area (Å²) < 4.78 is 0. The predicted molar refractivity (Wildman–Crippen MR) is 120 cm³/mol. The van der Waals surface area contributed by atoms with Gasteiger partial charge in [-0.25, -0.2) is 0 Å². The number of amides is 1. The number of carbonyl (C=O) groups excluding carboxylic acids is 2. The molecular weight excluding hydrogens is 431 g/mol. The quantitative estimate of drug-likeness (QED) is 0.689. The Hall–Kier alpha value is -1.59. The van der Waals surface area contributed by atoms with Gasteiger partial charge in [-0.05, 0) is 36.1 Å². The predicted octanol–water partition coefficient (Wildman–Crippen LogP) is 4.65. The minimum Gasteiger partial charge on any atom is -0.347 e. The lowest BCUT2D eigenvalue weighted by atomic mass is 9.80. The number of piperidine rings is 1. The van der Waals surface area contributed by atoms with Crippen LogP contribution in [0.25, 0.3) is 0 Å². The molecule has 1 fully saturated rings. The van der Waals surface area contributed by atoms with Gasteiger partial charge in [-0.15, -0.1) is 12.4 Å². The van der Waals surface area contributed by atoms with E-state index in [1.54, 1.807) is 19.1 Å². The smallest absolute Gasteiger partial charge is 0.217 e. The summed E-state index contributed by atoms with van der Waals surface area (Å²) in [6.45, 7) is 3.45. The number of rotatable bonds is 6. The zero-order valence-corrected chi connectivity index (χ0v) is 18.6. The first-order valence-corrected chi connectivity index (χ1v) is 10.2. The SMILES string of the molecule is CC(=O)NC1(c2ccccc2)CCN(CC(=O)Cc2ccc(Cl)c(Cl)c2)CC1.Cl. The van der Waals surface area contributed by atoms with Gasteiger partial charge in [-0.3, -0.25) is 14.5 Å². The van der Waals surface area contributed by atoms with Crippen molar-refractivity contribution in [2.75, 3.05) is 19.6 Å². The largest absolute Gasteiger partial charge is 0.347 e. The Morgan fingerprint density at radius 2 is 1.69 bits per heavy atom. The summed E-state index contributed by atoms with van der Waals surface area (Å²) in [5.41, 5.74) is 1.62. The lowest BCUT2D eigenvalue weighted by Gasteiger charge is -2.42. The molecule has 2 aromatic carbocycles. The second-order valence-corrected chi connectivity index (χ2v) is 8.18. The molecule has 0 unspecified atom stereocenters. The molecule has 7 heteroatoms. The average Bonchev–Trinajstić information content (AvgIpc) is 2.67. The van der Waals surface area contributed by atoms with E-state index in [0.717, 1.165) is 37.1 Å². The first kappa shape index (κ1) is 23.7. The number of benzene rings is 2. The van der Waals surface area contributed by atoms with Crippen molar-refractivity contribution in [2.45, 2.75) is 31.7 Å². The van der Waals surface area contributed by atoms with Gasteiger partial charge < -0.3 is 5.32 Å². The van der Waals surface area contributed by atoms with Crippen LogP contribution in [0.3, 0.4) is 0 Å². The van der Waals surface area contributed by atoms with E-state index in [1.165, 1.54) is 0 Å². The van der Waals surface area contributed by atoms with Crippen molar-refractivity contribution < 1.29 is 9.59 Å². The molecule has 1 saturated heterocycles. The van der Waals surface area contributed by atoms with Crippen molar-refractivity contribution in [2.24, 2.45) is 0 Å². The summed E-state index contributed by atoms with van der Waals surface area (Å²) >= 11 is 12.0. The number of likely N-dealkylation sites (tertiary alicyclic amines) is 1. The van der Waals surface area contributed by atoms with Gasteiger partial charge in [-0.2, -0.15) is 0 Å². The maximum absolute atomic E-state index is 12.5. The Labute approximate surface area is 188 Å². The number of ketones is 1. The third-order valence-electron chi connectivity index (χ3n) is 5.24. The molecule has 3 rings (SSSR count). The van der Waals surface area contributed by atoms with Crippen molar-refractivity contribution in [3.05, 3.63) is 69.7 Å². The number of hydrogen-bond acceptors (Lipinski definition) is 3. The molecule has 0 atom stereocenters. The standard InChI is InChI=1S/C22H24Cl2N2O2.ClH/c1-16(27)25-22(18-5-3-2-4-6-18)9-11-26(12-10-22)15-19(28)13-17-7-8-20(23)21(24)14-17;/h2-8,14H,9-13,15H2,1H3,(H,25,27);1H. The Morgan fingerprint density at radius 1 is 1.03 bits per heavy atom. The highest BCUT2D eigenvalue weighted by molar-refractivity contribution is 6.42. The fourth-order valence-corrected chi connectivity index (χ4v) is 4.18. The lowest BCUT2D eigenvalue weighted by molar-refractivity contribution is -0.123. The number of carbonyl (C=O) groups is 2. The van der Waals surface area contributed by atoms with E-state index in [1.807, 2.05) is 24.3 Å². The normalized spacial score (nSPS) is 16.0. The topological polar surface area (TPSA) is 49.4 Å². The Morgan fingerprint density at radius 3 is 2.28 bits per heavy atom. The van der Waals surface area contributed by atoms with E-state index in [9.17, 15) is 9.59 Å². The van der Waals surface area contributed by atoms with Crippen LogP contribution < -0.4 is 5.32 Å².